The highest BCUT2D eigenvalue weighted by Crippen LogP contribution is 2.35. The Morgan fingerprint density at radius 1 is 1.15 bits per heavy atom. The van der Waals surface area contributed by atoms with Gasteiger partial charge in [-0.25, -0.2) is 0 Å². The summed E-state index contributed by atoms with van der Waals surface area (Å²) in [7, 11) is 0. The van der Waals surface area contributed by atoms with Crippen molar-refractivity contribution < 1.29 is 9.84 Å². The molecule has 3 heteroatoms. The number of aryl methyl sites for hydroxylation is 1. The molecule has 0 bridgehead atoms. The summed E-state index contributed by atoms with van der Waals surface area (Å²) in [5.74, 6) is 0. The SMILES string of the molecule is CCOC1(C(O)Cc2ccc(CC)s2)CCCCCC1. The Balaban J connectivity index is 2.07. The second kappa shape index (κ2) is 7.58. The van der Waals surface area contributed by atoms with E-state index in [0.29, 0.717) is 6.61 Å². The van der Waals surface area contributed by atoms with Gasteiger partial charge in [0.15, 0.2) is 0 Å². The third-order valence-corrected chi connectivity index (χ3v) is 5.70. The second-order valence-corrected chi connectivity index (χ2v) is 7.11. The molecule has 0 aliphatic heterocycles. The first-order valence-electron chi connectivity index (χ1n) is 8.10. The van der Waals surface area contributed by atoms with Gasteiger partial charge in [0, 0.05) is 22.8 Å². The van der Waals surface area contributed by atoms with E-state index in [-0.39, 0.29) is 11.7 Å². The minimum atomic E-state index is -0.371. The molecule has 1 heterocycles. The number of hydrogen-bond acceptors (Lipinski definition) is 3. The zero-order chi connectivity index (χ0) is 14.4. The Labute approximate surface area is 127 Å². The molecule has 1 fully saturated rings. The van der Waals surface area contributed by atoms with Crippen molar-refractivity contribution in [2.24, 2.45) is 0 Å². The lowest BCUT2D eigenvalue weighted by Crippen LogP contribution is -2.45. The molecule has 1 unspecified atom stereocenters. The third kappa shape index (κ3) is 3.84. The first-order valence-corrected chi connectivity index (χ1v) is 8.91. The van der Waals surface area contributed by atoms with Crippen LogP contribution in [-0.4, -0.2) is 23.4 Å². The summed E-state index contributed by atoms with van der Waals surface area (Å²) in [6, 6.07) is 4.36. The van der Waals surface area contributed by atoms with Crippen LogP contribution >= 0.6 is 11.3 Å². The van der Waals surface area contributed by atoms with E-state index in [4.69, 9.17) is 4.74 Å². The van der Waals surface area contributed by atoms with Crippen LogP contribution in [0.1, 0.15) is 62.1 Å². The molecule has 2 rings (SSSR count). The first-order chi connectivity index (χ1) is 9.70. The molecule has 0 aromatic carbocycles. The molecular formula is C17H28O2S. The van der Waals surface area contributed by atoms with Gasteiger partial charge >= 0.3 is 0 Å². The van der Waals surface area contributed by atoms with Crippen LogP contribution in [0.2, 0.25) is 0 Å². The summed E-state index contributed by atoms with van der Waals surface area (Å²) in [4.78, 5) is 2.69. The standard InChI is InChI=1S/C17H28O2S/c1-3-14-9-10-15(20-14)13-16(18)17(19-4-2)11-7-5-6-8-12-17/h9-10,16,18H,3-8,11-13H2,1-2H3. The Morgan fingerprint density at radius 2 is 1.80 bits per heavy atom. The highest BCUT2D eigenvalue weighted by atomic mass is 32.1. The molecule has 0 amide bonds. The monoisotopic (exact) mass is 296 g/mol. The zero-order valence-corrected chi connectivity index (χ0v) is 13.7. The Morgan fingerprint density at radius 3 is 2.35 bits per heavy atom. The van der Waals surface area contributed by atoms with Crippen LogP contribution in [0.25, 0.3) is 0 Å². The van der Waals surface area contributed by atoms with Gasteiger partial charge in [-0.1, -0.05) is 32.6 Å². The smallest absolute Gasteiger partial charge is 0.0943 e. The van der Waals surface area contributed by atoms with Crippen molar-refractivity contribution in [3.05, 3.63) is 21.9 Å². The van der Waals surface area contributed by atoms with Crippen LogP contribution in [0.5, 0.6) is 0 Å². The topological polar surface area (TPSA) is 29.5 Å². The van der Waals surface area contributed by atoms with E-state index in [1.165, 1.54) is 35.4 Å². The largest absolute Gasteiger partial charge is 0.390 e. The van der Waals surface area contributed by atoms with Crippen molar-refractivity contribution in [1.29, 1.82) is 0 Å². The van der Waals surface area contributed by atoms with Crippen molar-refractivity contribution in [1.82, 2.24) is 0 Å². The highest BCUT2D eigenvalue weighted by Gasteiger charge is 2.38. The molecule has 1 saturated carbocycles. The average molecular weight is 296 g/mol. The predicted molar refractivity (Wildman–Crippen MR) is 85.5 cm³/mol. The summed E-state index contributed by atoms with van der Waals surface area (Å²) in [5.41, 5.74) is -0.304. The van der Waals surface area contributed by atoms with Crippen LogP contribution in [0.15, 0.2) is 12.1 Å². The summed E-state index contributed by atoms with van der Waals surface area (Å²) in [5, 5.41) is 10.8. The number of rotatable bonds is 6. The number of aliphatic hydroxyl groups excluding tert-OH is 1. The van der Waals surface area contributed by atoms with Crippen LogP contribution in [-0.2, 0) is 17.6 Å². The number of hydrogen-bond donors (Lipinski definition) is 1. The molecule has 1 aromatic rings. The number of aliphatic hydroxyl groups is 1. The van der Waals surface area contributed by atoms with Gasteiger partial charge in [0.05, 0.1) is 11.7 Å². The number of ether oxygens (including phenoxy) is 1. The number of thiophene rings is 1. The van der Waals surface area contributed by atoms with E-state index in [1.54, 1.807) is 0 Å². The second-order valence-electron chi connectivity index (χ2n) is 5.85. The first kappa shape index (κ1) is 16.0. The minimum absolute atomic E-state index is 0.304. The lowest BCUT2D eigenvalue weighted by Gasteiger charge is -2.37. The maximum absolute atomic E-state index is 10.8. The fourth-order valence-electron chi connectivity index (χ4n) is 3.29. The van der Waals surface area contributed by atoms with Gasteiger partial charge in [-0.2, -0.15) is 0 Å². The summed E-state index contributed by atoms with van der Waals surface area (Å²) in [6.45, 7) is 4.92. The molecule has 0 radical (unpaired) electrons. The van der Waals surface area contributed by atoms with Crippen molar-refractivity contribution in [3.63, 3.8) is 0 Å². The quantitative estimate of drug-likeness (QED) is 0.791. The molecule has 1 aliphatic carbocycles. The molecular weight excluding hydrogens is 268 g/mol. The molecule has 0 spiro atoms. The molecule has 1 aliphatic rings. The maximum Gasteiger partial charge on any atom is 0.0943 e. The van der Waals surface area contributed by atoms with Crippen molar-refractivity contribution in [2.75, 3.05) is 6.61 Å². The van der Waals surface area contributed by atoms with Gasteiger partial charge in [-0.05, 0) is 38.3 Å². The molecule has 1 aromatic heterocycles. The Bertz CT molecular complexity index is 391. The predicted octanol–water partition coefficient (Wildman–Crippen LogP) is 4.34. The lowest BCUT2D eigenvalue weighted by molar-refractivity contribution is -0.128. The van der Waals surface area contributed by atoms with E-state index in [1.807, 2.05) is 18.3 Å². The third-order valence-electron chi connectivity index (χ3n) is 4.45. The van der Waals surface area contributed by atoms with E-state index in [9.17, 15) is 5.11 Å². The molecule has 0 saturated heterocycles. The van der Waals surface area contributed by atoms with Gasteiger partial charge in [0.2, 0.25) is 0 Å². The summed E-state index contributed by atoms with van der Waals surface area (Å²) in [6.07, 6.45) is 8.39. The highest BCUT2D eigenvalue weighted by molar-refractivity contribution is 7.11. The van der Waals surface area contributed by atoms with Crippen LogP contribution in [0.3, 0.4) is 0 Å². The van der Waals surface area contributed by atoms with Crippen molar-refractivity contribution >= 4 is 11.3 Å². The minimum Gasteiger partial charge on any atom is -0.390 e. The van der Waals surface area contributed by atoms with E-state index in [0.717, 1.165) is 25.7 Å². The average Bonchev–Trinajstić information content (AvgIpc) is 2.76. The van der Waals surface area contributed by atoms with E-state index >= 15 is 0 Å². The van der Waals surface area contributed by atoms with Gasteiger partial charge in [0.25, 0.3) is 0 Å². The van der Waals surface area contributed by atoms with Crippen LogP contribution in [0.4, 0.5) is 0 Å². The van der Waals surface area contributed by atoms with E-state index < -0.39 is 0 Å². The maximum atomic E-state index is 10.8. The van der Waals surface area contributed by atoms with E-state index in [2.05, 4.69) is 19.1 Å². The normalized spacial score (nSPS) is 20.6. The zero-order valence-electron chi connectivity index (χ0n) is 12.9. The summed E-state index contributed by atoms with van der Waals surface area (Å²) < 4.78 is 6.07. The fraction of sp³-hybridized carbons (Fsp3) is 0.765. The fourth-order valence-corrected chi connectivity index (χ4v) is 4.28. The van der Waals surface area contributed by atoms with Gasteiger partial charge in [-0.3, -0.25) is 0 Å². The molecule has 20 heavy (non-hydrogen) atoms. The van der Waals surface area contributed by atoms with Crippen LogP contribution in [0, 0.1) is 0 Å². The van der Waals surface area contributed by atoms with Crippen molar-refractivity contribution in [3.8, 4) is 0 Å². The molecule has 1 N–H and O–H groups in total. The van der Waals surface area contributed by atoms with Crippen molar-refractivity contribution in [2.45, 2.75) is 76.9 Å². The Hall–Kier alpha value is -0.380. The Kier molecular flexibility index (Phi) is 6.06. The van der Waals surface area contributed by atoms with Crippen LogP contribution < -0.4 is 0 Å². The van der Waals surface area contributed by atoms with Gasteiger partial charge < -0.3 is 9.84 Å². The van der Waals surface area contributed by atoms with Gasteiger partial charge in [0.1, 0.15) is 0 Å². The molecule has 1 atom stereocenters. The van der Waals surface area contributed by atoms with Gasteiger partial charge in [-0.15, -0.1) is 11.3 Å². The lowest BCUT2D eigenvalue weighted by atomic mass is 9.86. The summed E-state index contributed by atoms with van der Waals surface area (Å²) >= 11 is 1.83. The molecule has 2 nitrogen and oxygen atoms in total. The molecule has 114 valence electrons.